The van der Waals surface area contributed by atoms with E-state index in [0.29, 0.717) is 32.5 Å². The minimum absolute atomic E-state index is 0.295. The Balaban J connectivity index is 1.84. The molecule has 2 N–H and O–H groups in total. The van der Waals surface area contributed by atoms with Gasteiger partial charge in [-0.25, -0.2) is 0 Å². The Morgan fingerprint density at radius 3 is 2.38 bits per heavy atom. The van der Waals surface area contributed by atoms with E-state index in [0.717, 1.165) is 11.3 Å². The number of nitrogens with zero attached hydrogens (tertiary/aromatic N) is 3. The number of nitrogens with one attached hydrogen (secondary N) is 2. The second-order valence-electron chi connectivity index (χ2n) is 4.93. The van der Waals surface area contributed by atoms with Crippen molar-refractivity contribution in [2.75, 3.05) is 10.6 Å². The van der Waals surface area contributed by atoms with E-state index in [2.05, 4.69) is 25.8 Å². The molecule has 0 aliphatic rings. The summed E-state index contributed by atoms with van der Waals surface area (Å²) in [6.07, 6.45) is 1.52. The van der Waals surface area contributed by atoms with Crippen LogP contribution in [-0.2, 0) is 0 Å². The van der Waals surface area contributed by atoms with Crippen LogP contribution in [0.4, 0.5) is 23.1 Å². The molecule has 3 aromatic rings. The summed E-state index contributed by atoms with van der Waals surface area (Å²) in [5.74, 6) is 0.819. The summed E-state index contributed by atoms with van der Waals surface area (Å²) in [6, 6.07) is 10.9. The minimum atomic E-state index is 0.295. The SMILES string of the molecule is Cc1c(Cl)cccc1Nc1cnnc(Nc2cccc(Cl)c2Cl)n1. The van der Waals surface area contributed by atoms with E-state index < -0.39 is 0 Å². The van der Waals surface area contributed by atoms with Crippen molar-refractivity contribution in [2.24, 2.45) is 0 Å². The van der Waals surface area contributed by atoms with Gasteiger partial charge in [0.15, 0.2) is 5.82 Å². The molecule has 0 unspecified atom stereocenters. The second kappa shape index (κ2) is 7.21. The molecule has 0 bridgehead atoms. The third-order valence-electron chi connectivity index (χ3n) is 3.29. The number of hydrogen-bond acceptors (Lipinski definition) is 5. The standard InChI is InChI=1S/C16H12Cl3N5/c1-9-10(17)4-2-6-12(9)21-14-8-20-24-16(23-14)22-13-7-3-5-11(18)15(13)19/h2-8H,1H3,(H2,21,22,23,24). The first-order valence-electron chi connectivity index (χ1n) is 6.97. The molecule has 5 nitrogen and oxygen atoms in total. The third kappa shape index (κ3) is 3.70. The maximum Gasteiger partial charge on any atom is 0.249 e. The van der Waals surface area contributed by atoms with Crippen LogP contribution in [0, 0.1) is 6.92 Å². The molecular formula is C16H12Cl3N5. The normalized spacial score (nSPS) is 10.5. The number of halogens is 3. The van der Waals surface area contributed by atoms with Gasteiger partial charge in [0.05, 0.1) is 21.9 Å². The van der Waals surface area contributed by atoms with E-state index in [9.17, 15) is 0 Å². The van der Waals surface area contributed by atoms with Gasteiger partial charge in [-0.3, -0.25) is 0 Å². The summed E-state index contributed by atoms with van der Waals surface area (Å²) in [5, 5.41) is 15.6. The van der Waals surface area contributed by atoms with Gasteiger partial charge in [-0.1, -0.05) is 46.9 Å². The quantitative estimate of drug-likeness (QED) is 0.614. The van der Waals surface area contributed by atoms with Crippen molar-refractivity contribution in [1.29, 1.82) is 0 Å². The predicted molar refractivity (Wildman–Crippen MR) is 99.0 cm³/mol. The Labute approximate surface area is 154 Å². The number of aromatic nitrogens is 3. The van der Waals surface area contributed by atoms with Gasteiger partial charge in [0.1, 0.15) is 0 Å². The lowest BCUT2D eigenvalue weighted by molar-refractivity contribution is 0.982. The highest BCUT2D eigenvalue weighted by Crippen LogP contribution is 2.31. The Kier molecular flexibility index (Phi) is 5.04. The van der Waals surface area contributed by atoms with E-state index in [1.807, 2.05) is 25.1 Å². The molecule has 0 atom stereocenters. The van der Waals surface area contributed by atoms with E-state index in [-0.39, 0.29) is 0 Å². The zero-order valence-electron chi connectivity index (χ0n) is 12.5. The van der Waals surface area contributed by atoms with Crippen LogP contribution in [-0.4, -0.2) is 15.2 Å². The Morgan fingerprint density at radius 1 is 0.875 bits per heavy atom. The monoisotopic (exact) mass is 379 g/mol. The molecular weight excluding hydrogens is 369 g/mol. The van der Waals surface area contributed by atoms with Crippen LogP contribution in [0.15, 0.2) is 42.6 Å². The fourth-order valence-electron chi connectivity index (χ4n) is 2.02. The van der Waals surface area contributed by atoms with Gasteiger partial charge in [0, 0.05) is 10.7 Å². The molecule has 0 spiro atoms. The summed E-state index contributed by atoms with van der Waals surface area (Å²) >= 11 is 18.3. The predicted octanol–water partition coefficient (Wildman–Crippen LogP) is 5.63. The molecule has 0 saturated carbocycles. The maximum absolute atomic E-state index is 6.15. The molecule has 0 aliphatic carbocycles. The van der Waals surface area contributed by atoms with Crippen molar-refractivity contribution in [2.45, 2.75) is 6.92 Å². The molecule has 0 aliphatic heterocycles. The average molecular weight is 381 g/mol. The van der Waals surface area contributed by atoms with Crippen LogP contribution in [0.2, 0.25) is 15.1 Å². The molecule has 1 aromatic heterocycles. The van der Waals surface area contributed by atoms with Crippen molar-refractivity contribution in [1.82, 2.24) is 15.2 Å². The first kappa shape index (κ1) is 16.8. The van der Waals surface area contributed by atoms with Crippen molar-refractivity contribution in [3.63, 3.8) is 0 Å². The molecule has 8 heteroatoms. The highest BCUT2D eigenvalue weighted by molar-refractivity contribution is 6.43. The fraction of sp³-hybridized carbons (Fsp3) is 0.0625. The van der Waals surface area contributed by atoms with Gasteiger partial charge in [0.2, 0.25) is 5.95 Å². The Hall–Kier alpha value is -2.08. The number of anilines is 4. The minimum Gasteiger partial charge on any atom is -0.339 e. The smallest absolute Gasteiger partial charge is 0.249 e. The van der Waals surface area contributed by atoms with Crippen molar-refractivity contribution < 1.29 is 0 Å². The zero-order chi connectivity index (χ0) is 17.1. The van der Waals surface area contributed by atoms with E-state index in [1.165, 1.54) is 6.20 Å². The summed E-state index contributed by atoms with van der Waals surface area (Å²) < 4.78 is 0. The van der Waals surface area contributed by atoms with Crippen molar-refractivity contribution >= 4 is 57.9 Å². The topological polar surface area (TPSA) is 62.7 Å². The second-order valence-corrected chi connectivity index (χ2v) is 6.12. The highest BCUT2D eigenvalue weighted by Gasteiger charge is 2.08. The summed E-state index contributed by atoms with van der Waals surface area (Å²) in [6.45, 7) is 1.92. The molecule has 0 fully saturated rings. The van der Waals surface area contributed by atoms with Gasteiger partial charge in [-0.2, -0.15) is 10.1 Å². The van der Waals surface area contributed by atoms with Crippen LogP contribution in [0.3, 0.4) is 0 Å². The fourth-order valence-corrected chi connectivity index (χ4v) is 2.54. The maximum atomic E-state index is 6.15. The molecule has 24 heavy (non-hydrogen) atoms. The van der Waals surface area contributed by atoms with Crippen LogP contribution in [0.5, 0.6) is 0 Å². The van der Waals surface area contributed by atoms with E-state index in [4.69, 9.17) is 34.8 Å². The van der Waals surface area contributed by atoms with Crippen LogP contribution in [0.25, 0.3) is 0 Å². The molecule has 0 radical (unpaired) electrons. The van der Waals surface area contributed by atoms with Crippen LogP contribution in [0.1, 0.15) is 5.56 Å². The average Bonchev–Trinajstić information content (AvgIpc) is 2.57. The molecule has 0 saturated heterocycles. The van der Waals surface area contributed by atoms with Gasteiger partial charge in [-0.05, 0) is 36.8 Å². The first-order valence-corrected chi connectivity index (χ1v) is 8.11. The van der Waals surface area contributed by atoms with Crippen molar-refractivity contribution in [3.05, 3.63) is 63.2 Å². The van der Waals surface area contributed by atoms with E-state index in [1.54, 1.807) is 18.2 Å². The lowest BCUT2D eigenvalue weighted by Gasteiger charge is -2.11. The number of rotatable bonds is 4. The number of hydrogen-bond donors (Lipinski definition) is 2. The van der Waals surface area contributed by atoms with Crippen molar-refractivity contribution in [3.8, 4) is 0 Å². The lowest BCUT2D eigenvalue weighted by Crippen LogP contribution is -2.03. The van der Waals surface area contributed by atoms with Crippen LogP contribution < -0.4 is 10.6 Å². The zero-order valence-corrected chi connectivity index (χ0v) is 14.8. The number of benzene rings is 2. The third-order valence-corrected chi connectivity index (χ3v) is 4.52. The molecule has 1 heterocycles. The molecule has 2 aromatic carbocycles. The summed E-state index contributed by atoms with van der Waals surface area (Å²) in [5.41, 5.74) is 2.36. The first-order chi connectivity index (χ1) is 11.5. The Bertz CT molecular complexity index is 817. The summed E-state index contributed by atoms with van der Waals surface area (Å²) in [4.78, 5) is 4.36. The summed E-state index contributed by atoms with van der Waals surface area (Å²) in [7, 11) is 0. The highest BCUT2D eigenvalue weighted by atomic mass is 35.5. The molecule has 3 rings (SSSR count). The largest absolute Gasteiger partial charge is 0.339 e. The van der Waals surface area contributed by atoms with E-state index >= 15 is 0 Å². The molecule has 122 valence electrons. The van der Waals surface area contributed by atoms with Gasteiger partial charge < -0.3 is 10.6 Å². The van der Waals surface area contributed by atoms with Crippen LogP contribution >= 0.6 is 34.8 Å². The van der Waals surface area contributed by atoms with Gasteiger partial charge in [0.25, 0.3) is 0 Å². The van der Waals surface area contributed by atoms with Gasteiger partial charge in [-0.15, -0.1) is 5.10 Å². The lowest BCUT2D eigenvalue weighted by atomic mass is 10.2. The Morgan fingerprint density at radius 2 is 1.58 bits per heavy atom. The van der Waals surface area contributed by atoms with Gasteiger partial charge >= 0.3 is 0 Å². The molecule has 0 amide bonds.